The van der Waals surface area contributed by atoms with Crippen molar-refractivity contribution in [3.8, 4) is 6.07 Å². The van der Waals surface area contributed by atoms with Gasteiger partial charge in [0.2, 0.25) is 0 Å². The van der Waals surface area contributed by atoms with Crippen molar-refractivity contribution in [3.63, 3.8) is 0 Å². The summed E-state index contributed by atoms with van der Waals surface area (Å²) in [5, 5.41) is 7.98. The van der Waals surface area contributed by atoms with E-state index in [1.54, 1.807) is 0 Å². The van der Waals surface area contributed by atoms with Crippen LogP contribution in [0.15, 0.2) is 0 Å². The van der Waals surface area contributed by atoms with Gasteiger partial charge in [0, 0.05) is 0 Å². The fraction of sp³-hybridized carbons (Fsp3) is 0.667. The second-order valence-corrected chi connectivity index (χ2v) is 3.28. The Morgan fingerprint density at radius 2 is 2.22 bits per heavy atom. The molecule has 0 aromatic heterocycles. The molecule has 0 aromatic rings. The van der Waals surface area contributed by atoms with Gasteiger partial charge in [0.15, 0.2) is 0 Å². The summed E-state index contributed by atoms with van der Waals surface area (Å²) >= 11 is 0. The van der Waals surface area contributed by atoms with Crippen LogP contribution in [0.1, 0.15) is 0 Å². The molecule has 0 aliphatic heterocycles. The highest BCUT2D eigenvalue weighted by Gasteiger charge is 2.17. The van der Waals surface area contributed by atoms with E-state index >= 15 is 0 Å². The van der Waals surface area contributed by atoms with Gasteiger partial charge in [-0.25, -0.2) is 0 Å². The van der Waals surface area contributed by atoms with Gasteiger partial charge in [-0.3, -0.25) is 4.57 Å². The first-order chi connectivity index (χ1) is 3.95. The summed E-state index contributed by atoms with van der Waals surface area (Å²) in [7, 11) is -4.09. The molecular formula is C3H7N2O3P. The van der Waals surface area contributed by atoms with E-state index in [0.717, 1.165) is 0 Å². The number of rotatable bonds is 2. The SMILES string of the molecule is N#CC(N)CP(=O)(O)O. The van der Waals surface area contributed by atoms with Crippen molar-refractivity contribution in [1.82, 2.24) is 0 Å². The van der Waals surface area contributed by atoms with E-state index < -0.39 is 19.8 Å². The fourth-order valence-corrected chi connectivity index (χ4v) is 0.891. The predicted octanol–water partition coefficient (Wildman–Crippen LogP) is -0.985. The van der Waals surface area contributed by atoms with Crippen LogP contribution >= 0.6 is 7.60 Å². The first kappa shape index (κ1) is 8.60. The zero-order chi connectivity index (χ0) is 7.49. The highest BCUT2D eigenvalue weighted by Crippen LogP contribution is 2.34. The first-order valence-electron chi connectivity index (χ1n) is 2.15. The summed E-state index contributed by atoms with van der Waals surface area (Å²) in [6.45, 7) is 0. The third-order valence-corrected chi connectivity index (χ3v) is 1.47. The normalized spacial score (nSPS) is 14.4. The quantitative estimate of drug-likeness (QED) is 0.438. The van der Waals surface area contributed by atoms with E-state index in [2.05, 4.69) is 0 Å². The van der Waals surface area contributed by atoms with Crippen molar-refractivity contribution in [2.75, 3.05) is 6.16 Å². The van der Waals surface area contributed by atoms with E-state index in [0.29, 0.717) is 0 Å². The maximum atomic E-state index is 10.1. The van der Waals surface area contributed by atoms with Crippen molar-refractivity contribution >= 4 is 7.60 Å². The Morgan fingerprint density at radius 1 is 1.78 bits per heavy atom. The number of nitriles is 1. The Kier molecular flexibility index (Phi) is 2.82. The Bertz CT molecular complexity index is 168. The number of nitrogens with two attached hydrogens (primary N) is 1. The lowest BCUT2D eigenvalue weighted by Gasteiger charge is -2.02. The van der Waals surface area contributed by atoms with Crippen LogP contribution in [0.4, 0.5) is 0 Å². The van der Waals surface area contributed by atoms with Crippen molar-refractivity contribution < 1.29 is 14.4 Å². The molecule has 0 heterocycles. The zero-order valence-corrected chi connectivity index (χ0v) is 5.45. The van der Waals surface area contributed by atoms with Crippen LogP contribution in [-0.2, 0) is 4.57 Å². The maximum Gasteiger partial charge on any atom is 0.328 e. The van der Waals surface area contributed by atoms with E-state index in [1.165, 1.54) is 6.07 Å². The monoisotopic (exact) mass is 150 g/mol. The number of nitrogens with zero attached hydrogens (tertiary/aromatic N) is 1. The molecule has 9 heavy (non-hydrogen) atoms. The molecule has 0 aliphatic rings. The molecule has 6 heteroatoms. The van der Waals surface area contributed by atoms with Crippen LogP contribution in [0.2, 0.25) is 0 Å². The average Bonchev–Trinajstić information content (AvgIpc) is 1.62. The third-order valence-electron chi connectivity index (χ3n) is 0.600. The van der Waals surface area contributed by atoms with Crippen LogP contribution in [0.5, 0.6) is 0 Å². The first-order valence-corrected chi connectivity index (χ1v) is 3.95. The molecule has 0 saturated carbocycles. The van der Waals surface area contributed by atoms with Crippen LogP contribution in [0, 0.1) is 11.3 Å². The minimum Gasteiger partial charge on any atom is -0.324 e. The van der Waals surface area contributed by atoms with Gasteiger partial charge >= 0.3 is 7.60 Å². The summed E-state index contributed by atoms with van der Waals surface area (Å²) in [5.74, 6) is 0. The Labute approximate surface area is 52.3 Å². The van der Waals surface area contributed by atoms with Crippen molar-refractivity contribution in [2.45, 2.75) is 6.04 Å². The van der Waals surface area contributed by atoms with Crippen LogP contribution < -0.4 is 5.73 Å². The highest BCUT2D eigenvalue weighted by atomic mass is 31.2. The largest absolute Gasteiger partial charge is 0.328 e. The predicted molar refractivity (Wildman–Crippen MR) is 30.5 cm³/mol. The lowest BCUT2D eigenvalue weighted by molar-refractivity contribution is 0.371. The molecule has 0 fully saturated rings. The fourth-order valence-electron chi connectivity index (χ4n) is 0.297. The van der Waals surface area contributed by atoms with Crippen molar-refractivity contribution in [3.05, 3.63) is 0 Å². The molecule has 0 spiro atoms. The van der Waals surface area contributed by atoms with Gasteiger partial charge < -0.3 is 15.5 Å². The Balaban J connectivity index is 3.78. The summed E-state index contributed by atoms with van der Waals surface area (Å²) in [6.07, 6.45) is -0.566. The molecule has 0 rings (SSSR count). The van der Waals surface area contributed by atoms with E-state index in [4.69, 9.17) is 20.8 Å². The molecule has 4 N–H and O–H groups in total. The molecule has 0 radical (unpaired) electrons. The minimum absolute atomic E-state index is 0.566. The molecule has 5 nitrogen and oxygen atoms in total. The van der Waals surface area contributed by atoms with E-state index in [1.807, 2.05) is 0 Å². The average molecular weight is 150 g/mol. The summed E-state index contributed by atoms with van der Waals surface area (Å²) in [4.78, 5) is 16.4. The summed E-state index contributed by atoms with van der Waals surface area (Å²) in [5.41, 5.74) is 4.91. The topological polar surface area (TPSA) is 107 Å². The van der Waals surface area contributed by atoms with Gasteiger partial charge in [0.25, 0.3) is 0 Å². The molecule has 1 unspecified atom stereocenters. The molecule has 0 saturated heterocycles. The highest BCUT2D eigenvalue weighted by molar-refractivity contribution is 7.51. The molecule has 0 aromatic carbocycles. The lowest BCUT2D eigenvalue weighted by atomic mass is 10.4. The van der Waals surface area contributed by atoms with Gasteiger partial charge in [-0.15, -0.1) is 0 Å². The second kappa shape index (κ2) is 2.95. The van der Waals surface area contributed by atoms with Gasteiger partial charge in [0.1, 0.15) is 6.04 Å². The van der Waals surface area contributed by atoms with E-state index in [-0.39, 0.29) is 0 Å². The molecular weight excluding hydrogens is 143 g/mol. The van der Waals surface area contributed by atoms with Gasteiger partial charge in [-0.1, -0.05) is 0 Å². The molecule has 1 atom stereocenters. The Hall–Kier alpha value is -0.400. The van der Waals surface area contributed by atoms with Crippen molar-refractivity contribution in [2.24, 2.45) is 5.73 Å². The van der Waals surface area contributed by atoms with Gasteiger partial charge in [0.05, 0.1) is 12.2 Å². The second-order valence-electron chi connectivity index (χ2n) is 1.58. The Morgan fingerprint density at radius 3 is 2.33 bits per heavy atom. The molecule has 0 bridgehead atoms. The van der Waals surface area contributed by atoms with Gasteiger partial charge in [-0.05, 0) is 0 Å². The lowest BCUT2D eigenvalue weighted by Crippen LogP contribution is -2.21. The minimum atomic E-state index is -4.09. The summed E-state index contributed by atoms with van der Waals surface area (Å²) < 4.78 is 10.1. The molecule has 52 valence electrons. The number of hydrogen-bond acceptors (Lipinski definition) is 3. The summed E-state index contributed by atoms with van der Waals surface area (Å²) in [6, 6.07) is 0.443. The smallest absolute Gasteiger partial charge is 0.324 e. The third kappa shape index (κ3) is 5.47. The van der Waals surface area contributed by atoms with Crippen LogP contribution in [0.25, 0.3) is 0 Å². The van der Waals surface area contributed by atoms with Gasteiger partial charge in [-0.2, -0.15) is 5.26 Å². The zero-order valence-electron chi connectivity index (χ0n) is 4.56. The maximum absolute atomic E-state index is 10.1. The standard InChI is InChI=1S/C3H7N2O3P/c4-1-3(5)2-9(6,7)8/h3H,2,5H2,(H2,6,7,8). The molecule has 0 amide bonds. The van der Waals surface area contributed by atoms with Crippen LogP contribution in [0.3, 0.4) is 0 Å². The van der Waals surface area contributed by atoms with Crippen molar-refractivity contribution in [1.29, 1.82) is 5.26 Å². The number of hydrogen-bond donors (Lipinski definition) is 3. The van der Waals surface area contributed by atoms with E-state index in [9.17, 15) is 4.57 Å². The van der Waals surface area contributed by atoms with Crippen LogP contribution in [-0.4, -0.2) is 22.0 Å². The molecule has 0 aliphatic carbocycles.